The molecule has 0 aliphatic rings. The van der Waals surface area contributed by atoms with Crippen LogP contribution in [0.2, 0.25) is 0 Å². The van der Waals surface area contributed by atoms with Crippen molar-refractivity contribution in [1.82, 2.24) is 0 Å². The van der Waals surface area contributed by atoms with Gasteiger partial charge in [-0.1, -0.05) is 18.2 Å². The zero-order valence-corrected chi connectivity index (χ0v) is 10.1. The molecule has 1 aromatic rings. The molecule has 0 saturated heterocycles. The van der Waals surface area contributed by atoms with E-state index in [9.17, 15) is 8.42 Å². The number of sulfonamides is 1. The van der Waals surface area contributed by atoms with Gasteiger partial charge in [0.05, 0.1) is 4.90 Å². The largest absolute Gasteiger partial charge is 0.238 e. The molecule has 0 bridgehead atoms. The first-order chi connectivity index (χ1) is 4.61. The van der Waals surface area contributed by atoms with Gasteiger partial charge < -0.3 is 0 Å². The molecular weight excluding hydrogens is 189 g/mol. The van der Waals surface area contributed by atoms with E-state index in [1.165, 1.54) is 12.1 Å². The average molecular weight is 196 g/mol. The fourth-order valence-corrected chi connectivity index (χ4v) is 1.15. The van der Waals surface area contributed by atoms with E-state index in [-0.39, 0.29) is 56.3 Å². The van der Waals surface area contributed by atoms with Crippen molar-refractivity contribution < 1.29 is 8.42 Å². The van der Waals surface area contributed by atoms with E-state index >= 15 is 0 Å². The van der Waals surface area contributed by atoms with Gasteiger partial charge in [0.1, 0.15) is 0 Å². The van der Waals surface area contributed by atoms with Crippen LogP contribution in [-0.2, 0) is 10.0 Å². The van der Waals surface area contributed by atoms with E-state index < -0.39 is 10.0 Å². The second-order valence-electron chi connectivity index (χ2n) is 1.86. The first kappa shape index (κ1) is 11.8. The second-order valence-corrected chi connectivity index (χ2v) is 3.42. The maximum Gasteiger partial charge on any atom is 0.238 e. The van der Waals surface area contributed by atoms with Crippen LogP contribution in [0, 0.1) is 0 Å². The van der Waals surface area contributed by atoms with Crippen molar-refractivity contribution in [2.24, 2.45) is 5.14 Å². The van der Waals surface area contributed by atoms with Crippen molar-refractivity contribution in [3.05, 3.63) is 30.3 Å². The van der Waals surface area contributed by atoms with E-state index in [0.717, 1.165) is 0 Å². The molecule has 0 spiro atoms. The monoisotopic (exact) mass is 196 g/mol. The van der Waals surface area contributed by atoms with Crippen molar-refractivity contribution in [1.29, 1.82) is 0 Å². The fraction of sp³-hybridized carbons (Fsp3) is 0. The molecule has 0 atom stereocenters. The van der Waals surface area contributed by atoms with Gasteiger partial charge in [0.2, 0.25) is 10.0 Å². The molecule has 0 amide bonds. The predicted octanol–water partition coefficient (Wildman–Crippen LogP) is -0.0468. The summed E-state index contributed by atoms with van der Waals surface area (Å²) in [5, 5.41) is 4.83. The Morgan fingerprint density at radius 1 is 1.09 bits per heavy atom. The minimum Gasteiger partial charge on any atom is -0.225 e. The third kappa shape index (κ3) is 3.79. The number of benzene rings is 1. The molecule has 1 aromatic carbocycles. The van der Waals surface area contributed by atoms with Crippen molar-refractivity contribution >= 4 is 61.4 Å². The SMILES string of the molecule is NS(=O)(=O)c1ccccc1.[K]. The zero-order chi connectivity index (χ0) is 7.61. The van der Waals surface area contributed by atoms with E-state index in [2.05, 4.69) is 0 Å². The molecule has 11 heavy (non-hydrogen) atoms. The van der Waals surface area contributed by atoms with Gasteiger partial charge in [0.15, 0.2) is 0 Å². The van der Waals surface area contributed by atoms with Crippen LogP contribution in [0.3, 0.4) is 0 Å². The van der Waals surface area contributed by atoms with E-state index in [0.29, 0.717) is 0 Å². The van der Waals surface area contributed by atoms with Crippen molar-refractivity contribution in [2.45, 2.75) is 4.90 Å². The van der Waals surface area contributed by atoms with Crippen LogP contribution in [0.1, 0.15) is 0 Å². The van der Waals surface area contributed by atoms with Crippen LogP contribution in [0.25, 0.3) is 0 Å². The van der Waals surface area contributed by atoms with Gasteiger partial charge in [-0.3, -0.25) is 0 Å². The molecule has 3 nitrogen and oxygen atoms in total. The summed E-state index contributed by atoms with van der Waals surface area (Å²) < 4.78 is 21.2. The van der Waals surface area contributed by atoms with Crippen LogP contribution in [0.15, 0.2) is 35.2 Å². The first-order valence-corrected chi connectivity index (χ1v) is 4.23. The summed E-state index contributed by atoms with van der Waals surface area (Å²) in [6.07, 6.45) is 0. The number of hydrogen-bond donors (Lipinski definition) is 1. The molecular formula is C6H7KNO2S. The van der Waals surface area contributed by atoms with Crippen LogP contribution in [0.5, 0.6) is 0 Å². The summed E-state index contributed by atoms with van der Waals surface area (Å²) in [4.78, 5) is 0.148. The summed E-state index contributed by atoms with van der Waals surface area (Å²) in [5.41, 5.74) is 0. The molecule has 1 rings (SSSR count). The van der Waals surface area contributed by atoms with Gasteiger partial charge in [0, 0.05) is 51.4 Å². The number of primary sulfonamides is 1. The maximum atomic E-state index is 10.6. The van der Waals surface area contributed by atoms with Gasteiger partial charge in [0.25, 0.3) is 0 Å². The molecule has 0 fully saturated rings. The van der Waals surface area contributed by atoms with Gasteiger partial charge in [-0.05, 0) is 12.1 Å². The molecule has 1 radical (unpaired) electrons. The third-order valence-electron chi connectivity index (χ3n) is 1.07. The number of rotatable bonds is 1. The Kier molecular flexibility index (Phi) is 5.04. The minimum absolute atomic E-state index is 0. The number of nitrogens with two attached hydrogens (primary N) is 1. The molecule has 0 aliphatic carbocycles. The molecule has 0 saturated carbocycles. The minimum atomic E-state index is -3.50. The van der Waals surface area contributed by atoms with Gasteiger partial charge >= 0.3 is 0 Å². The Balaban J connectivity index is 0.000001000. The van der Waals surface area contributed by atoms with Crippen LogP contribution in [0.4, 0.5) is 0 Å². The van der Waals surface area contributed by atoms with Gasteiger partial charge in [-0.2, -0.15) is 0 Å². The molecule has 5 heteroatoms. The van der Waals surface area contributed by atoms with Crippen molar-refractivity contribution in [2.75, 3.05) is 0 Å². The summed E-state index contributed by atoms with van der Waals surface area (Å²) in [6, 6.07) is 7.89. The summed E-state index contributed by atoms with van der Waals surface area (Å²) >= 11 is 0. The Bertz CT molecular complexity index is 309. The molecule has 0 aliphatic heterocycles. The van der Waals surface area contributed by atoms with Crippen molar-refractivity contribution in [3.63, 3.8) is 0 Å². The summed E-state index contributed by atoms with van der Waals surface area (Å²) in [7, 11) is -3.50. The van der Waals surface area contributed by atoms with Crippen LogP contribution >= 0.6 is 0 Å². The summed E-state index contributed by atoms with van der Waals surface area (Å²) in [6.45, 7) is 0. The van der Waals surface area contributed by atoms with Crippen molar-refractivity contribution in [3.8, 4) is 0 Å². The Morgan fingerprint density at radius 3 is 1.82 bits per heavy atom. The van der Waals surface area contributed by atoms with Gasteiger partial charge in [-0.25, -0.2) is 13.6 Å². The smallest absolute Gasteiger partial charge is 0.225 e. The van der Waals surface area contributed by atoms with Gasteiger partial charge in [-0.15, -0.1) is 0 Å². The first-order valence-electron chi connectivity index (χ1n) is 2.68. The van der Waals surface area contributed by atoms with Crippen LogP contribution in [-0.4, -0.2) is 59.8 Å². The van der Waals surface area contributed by atoms with Crippen LogP contribution < -0.4 is 5.14 Å². The summed E-state index contributed by atoms with van der Waals surface area (Å²) in [5.74, 6) is 0. The maximum absolute atomic E-state index is 10.6. The normalized spacial score (nSPS) is 10.3. The van der Waals surface area contributed by atoms with E-state index in [4.69, 9.17) is 5.14 Å². The topological polar surface area (TPSA) is 60.2 Å². The Morgan fingerprint density at radius 2 is 1.55 bits per heavy atom. The molecule has 0 aromatic heterocycles. The Labute approximate surface area is 108 Å². The number of hydrogen-bond acceptors (Lipinski definition) is 2. The third-order valence-corrected chi connectivity index (χ3v) is 2.00. The second kappa shape index (κ2) is 4.71. The van der Waals surface area contributed by atoms with E-state index in [1.54, 1.807) is 18.2 Å². The predicted molar refractivity (Wildman–Crippen MR) is 43.6 cm³/mol. The quantitative estimate of drug-likeness (QED) is 0.640. The zero-order valence-electron chi connectivity index (χ0n) is 6.19. The molecule has 2 N–H and O–H groups in total. The average Bonchev–Trinajstić information content (AvgIpc) is 1.88. The molecule has 0 unspecified atom stereocenters. The molecule has 55 valence electrons. The Hall–Kier alpha value is 0.766. The molecule has 0 heterocycles. The van der Waals surface area contributed by atoms with E-state index in [1.807, 2.05) is 0 Å². The fourth-order valence-electron chi connectivity index (χ4n) is 0.610. The standard InChI is InChI=1S/C6H7NO2S.K/c7-10(8,9)6-4-2-1-3-5-6;/h1-5H,(H2,7,8,9);.